The van der Waals surface area contributed by atoms with Gasteiger partial charge in [0.05, 0.1) is 0 Å². The van der Waals surface area contributed by atoms with E-state index in [0.717, 1.165) is 19.3 Å². The van der Waals surface area contributed by atoms with E-state index < -0.39 is 0 Å². The largest absolute Gasteiger partial charge is 0.352 e. The maximum atomic E-state index is 11.4. The average Bonchev–Trinajstić information content (AvgIpc) is 2.21. The molecule has 0 aliphatic heterocycles. The van der Waals surface area contributed by atoms with Crippen molar-refractivity contribution in [2.75, 3.05) is 5.88 Å². The van der Waals surface area contributed by atoms with Gasteiger partial charge in [-0.25, -0.2) is 0 Å². The fourth-order valence-electron chi connectivity index (χ4n) is 1.26. The number of hydrogen-bond acceptors (Lipinski definition) is 1. The van der Waals surface area contributed by atoms with Crippen molar-refractivity contribution < 1.29 is 4.79 Å². The summed E-state index contributed by atoms with van der Waals surface area (Å²) in [5.41, 5.74) is 0. The van der Waals surface area contributed by atoms with Gasteiger partial charge in [-0.2, -0.15) is 0 Å². The number of carbonyl (C=O) groups excluding carboxylic acids is 1. The van der Waals surface area contributed by atoms with Crippen LogP contribution in [0.5, 0.6) is 0 Å². The topological polar surface area (TPSA) is 29.1 Å². The predicted molar refractivity (Wildman–Crippen MR) is 61.7 cm³/mol. The van der Waals surface area contributed by atoms with Crippen LogP contribution in [-0.2, 0) is 4.79 Å². The summed E-state index contributed by atoms with van der Waals surface area (Å²) < 4.78 is 0. The van der Waals surface area contributed by atoms with Crippen LogP contribution in [0.4, 0.5) is 0 Å². The summed E-state index contributed by atoms with van der Waals surface area (Å²) in [6.45, 7) is 4.20. The van der Waals surface area contributed by atoms with Crippen LogP contribution in [0.25, 0.3) is 0 Å². The van der Waals surface area contributed by atoms with Crippen LogP contribution < -0.4 is 5.32 Å². The number of rotatable bonds is 8. The van der Waals surface area contributed by atoms with E-state index >= 15 is 0 Å². The van der Waals surface area contributed by atoms with E-state index in [1.165, 1.54) is 12.8 Å². The van der Waals surface area contributed by atoms with E-state index in [1.54, 1.807) is 0 Å². The quantitative estimate of drug-likeness (QED) is 0.493. The smallest absolute Gasteiger partial charge is 0.220 e. The van der Waals surface area contributed by atoms with Crippen molar-refractivity contribution in [3.63, 3.8) is 0 Å². The van der Waals surface area contributed by atoms with Crippen molar-refractivity contribution in [1.29, 1.82) is 0 Å². The highest BCUT2D eigenvalue weighted by Gasteiger charge is 2.07. The molecule has 1 N–H and O–H groups in total. The summed E-state index contributed by atoms with van der Waals surface area (Å²) in [4.78, 5) is 11.4. The van der Waals surface area contributed by atoms with Crippen LogP contribution in [-0.4, -0.2) is 17.8 Å². The Labute approximate surface area is 92.4 Å². The van der Waals surface area contributed by atoms with Crippen LogP contribution >= 0.6 is 11.6 Å². The maximum Gasteiger partial charge on any atom is 0.220 e. The Morgan fingerprint density at radius 2 is 2.00 bits per heavy atom. The van der Waals surface area contributed by atoms with Crippen molar-refractivity contribution in [2.24, 2.45) is 0 Å². The molecule has 0 saturated carbocycles. The molecular formula is C11H22ClNO. The van der Waals surface area contributed by atoms with Gasteiger partial charge < -0.3 is 5.32 Å². The van der Waals surface area contributed by atoms with E-state index in [4.69, 9.17) is 11.6 Å². The molecule has 0 bridgehead atoms. The fourth-order valence-corrected chi connectivity index (χ4v) is 1.56. The molecule has 1 amide bonds. The van der Waals surface area contributed by atoms with Gasteiger partial charge in [-0.05, 0) is 12.8 Å². The molecule has 1 unspecified atom stereocenters. The molecule has 0 radical (unpaired) electrons. The molecule has 0 fully saturated rings. The molecule has 14 heavy (non-hydrogen) atoms. The lowest BCUT2D eigenvalue weighted by atomic mass is 10.1. The van der Waals surface area contributed by atoms with E-state index in [-0.39, 0.29) is 11.9 Å². The highest BCUT2D eigenvalue weighted by molar-refractivity contribution is 6.18. The number of unbranched alkanes of at least 4 members (excludes halogenated alkanes) is 3. The Hall–Kier alpha value is -0.240. The van der Waals surface area contributed by atoms with Gasteiger partial charge in [0.2, 0.25) is 5.91 Å². The first-order valence-corrected chi connectivity index (χ1v) is 6.13. The minimum absolute atomic E-state index is 0.147. The van der Waals surface area contributed by atoms with Crippen LogP contribution in [0.15, 0.2) is 0 Å². The van der Waals surface area contributed by atoms with Gasteiger partial charge in [-0.1, -0.05) is 33.1 Å². The molecule has 84 valence electrons. The first kappa shape index (κ1) is 13.8. The summed E-state index contributed by atoms with van der Waals surface area (Å²) in [5.74, 6) is 0.658. The molecule has 0 heterocycles. The Kier molecular flexibility index (Phi) is 9.16. The molecule has 3 heteroatoms. The number of carbonyl (C=O) groups is 1. The molecule has 0 rings (SSSR count). The standard InChI is InChI=1S/C11H22ClNO/c1-3-5-6-7-8-11(14)13-10(4-2)9-12/h10H,3-9H2,1-2H3,(H,13,14). The molecule has 0 aromatic heterocycles. The molecule has 0 aromatic rings. The van der Waals surface area contributed by atoms with Gasteiger partial charge >= 0.3 is 0 Å². The monoisotopic (exact) mass is 219 g/mol. The third kappa shape index (κ3) is 7.19. The number of halogens is 1. The summed E-state index contributed by atoms with van der Waals surface area (Å²) >= 11 is 5.68. The number of amides is 1. The molecule has 0 aromatic carbocycles. The number of nitrogens with one attached hydrogen (secondary N) is 1. The van der Waals surface area contributed by atoms with E-state index in [2.05, 4.69) is 12.2 Å². The zero-order valence-electron chi connectivity index (χ0n) is 9.31. The van der Waals surface area contributed by atoms with Crippen LogP contribution in [0.3, 0.4) is 0 Å². The first-order chi connectivity index (χ1) is 6.74. The summed E-state index contributed by atoms with van der Waals surface area (Å²) in [5, 5.41) is 2.92. The van der Waals surface area contributed by atoms with Crippen molar-refractivity contribution in [1.82, 2.24) is 5.32 Å². The zero-order chi connectivity index (χ0) is 10.8. The fraction of sp³-hybridized carbons (Fsp3) is 0.909. The third-order valence-electron chi connectivity index (χ3n) is 2.30. The van der Waals surface area contributed by atoms with E-state index in [1.807, 2.05) is 6.92 Å². The number of hydrogen-bond donors (Lipinski definition) is 1. The van der Waals surface area contributed by atoms with Crippen molar-refractivity contribution >= 4 is 17.5 Å². The predicted octanol–water partition coefficient (Wildman–Crippen LogP) is 3.09. The van der Waals surface area contributed by atoms with E-state index in [9.17, 15) is 4.79 Å². The molecule has 0 saturated heterocycles. The van der Waals surface area contributed by atoms with Crippen LogP contribution in [0.2, 0.25) is 0 Å². The van der Waals surface area contributed by atoms with Crippen molar-refractivity contribution in [2.45, 2.75) is 58.4 Å². The molecule has 2 nitrogen and oxygen atoms in total. The molecule has 0 aliphatic carbocycles. The second-order valence-corrected chi connectivity index (χ2v) is 3.95. The van der Waals surface area contributed by atoms with Crippen molar-refractivity contribution in [3.8, 4) is 0 Å². The minimum Gasteiger partial charge on any atom is -0.352 e. The maximum absolute atomic E-state index is 11.4. The zero-order valence-corrected chi connectivity index (χ0v) is 10.1. The second kappa shape index (κ2) is 9.32. The average molecular weight is 220 g/mol. The van der Waals surface area contributed by atoms with Crippen LogP contribution in [0.1, 0.15) is 52.4 Å². The Morgan fingerprint density at radius 1 is 1.29 bits per heavy atom. The van der Waals surface area contributed by atoms with Gasteiger partial charge in [0.15, 0.2) is 0 Å². The number of alkyl halides is 1. The second-order valence-electron chi connectivity index (χ2n) is 3.64. The van der Waals surface area contributed by atoms with Crippen molar-refractivity contribution in [3.05, 3.63) is 0 Å². The normalized spacial score (nSPS) is 12.5. The van der Waals surface area contributed by atoms with Gasteiger partial charge in [-0.15, -0.1) is 11.6 Å². The van der Waals surface area contributed by atoms with Gasteiger partial charge in [-0.3, -0.25) is 4.79 Å². The van der Waals surface area contributed by atoms with E-state index in [0.29, 0.717) is 12.3 Å². The molecule has 1 atom stereocenters. The molecule has 0 spiro atoms. The molecule has 0 aliphatic rings. The Bertz CT molecular complexity index is 146. The minimum atomic E-state index is 0.147. The molecular weight excluding hydrogens is 198 g/mol. The first-order valence-electron chi connectivity index (χ1n) is 5.59. The lowest BCUT2D eigenvalue weighted by Crippen LogP contribution is -2.35. The van der Waals surface area contributed by atoms with Crippen LogP contribution in [0, 0.1) is 0 Å². The Balaban J connectivity index is 3.44. The SMILES string of the molecule is CCCCCCC(=O)NC(CC)CCl. The summed E-state index contributed by atoms with van der Waals surface area (Å²) in [6.07, 6.45) is 6.14. The lowest BCUT2D eigenvalue weighted by Gasteiger charge is -2.13. The highest BCUT2D eigenvalue weighted by Crippen LogP contribution is 2.03. The Morgan fingerprint density at radius 3 is 2.50 bits per heavy atom. The van der Waals surface area contributed by atoms with Gasteiger partial charge in [0.1, 0.15) is 0 Å². The third-order valence-corrected chi connectivity index (χ3v) is 2.67. The summed E-state index contributed by atoms with van der Waals surface area (Å²) in [7, 11) is 0. The highest BCUT2D eigenvalue weighted by atomic mass is 35.5. The van der Waals surface area contributed by atoms with Gasteiger partial charge in [0, 0.05) is 18.3 Å². The lowest BCUT2D eigenvalue weighted by molar-refractivity contribution is -0.121. The summed E-state index contributed by atoms with van der Waals surface area (Å²) in [6, 6.07) is 0.148. The van der Waals surface area contributed by atoms with Gasteiger partial charge in [0.25, 0.3) is 0 Å².